The van der Waals surface area contributed by atoms with E-state index in [1.165, 1.54) is 18.2 Å². The van der Waals surface area contributed by atoms with Gasteiger partial charge in [-0.25, -0.2) is 8.78 Å². The lowest BCUT2D eigenvalue weighted by molar-refractivity contribution is 0.231. The lowest BCUT2D eigenvalue weighted by atomic mass is 10.0. The summed E-state index contributed by atoms with van der Waals surface area (Å²) in [6, 6.07) is 13.1. The molecule has 0 spiro atoms. The second-order valence-electron chi connectivity index (χ2n) is 4.79. The maximum Gasteiger partial charge on any atom is 0.130 e. The molecule has 0 saturated heterocycles. The van der Waals surface area contributed by atoms with Crippen molar-refractivity contribution in [1.29, 1.82) is 0 Å². The van der Waals surface area contributed by atoms with E-state index in [-0.39, 0.29) is 12.1 Å². The molecule has 0 radical (unpaired) electrons. The Morgan fingerprint density at radius 3 is 2.15 bits per heavy atom. The summed E-state index contributed by atoms with van der Waals surface area (Å²) < 4.78 is 27.7. The quantitative estimate of drug-likeness (QED) is 0.909. The molecule has 20 heavy (non-hydrogen) atoms. The molecule has 0 bridgehead atoms. The molecule has 1 unspecified atom stereocenters. The van der Waals surface area contributed by atoms with Crippen LogP contribution in [0.4, 0.5) is 8.78 Å². The monoisotopic (exact) mass is 276 g/mol. The van der Waals surface area contributed by atoms with E-state index in [1.54, 1.807) is 0 Å². The third kappa shape index (κ3) is 3.21. The minimum Gasteiger partial charge on any atom is -0.329 e. The van der Waals surface area contributed by atoms with Crippen LogP contribution in [0.25, 0.3) is 0 Å². The topological polar surface area (TPSA) is 29.3 Å². The number of halogens is 2. The Hall–Kier alpha value is -1.78. The van der Waals surface area contributed by atoms with Crippen LogP contribution < -0.4 is 5.73 Å². The maximum absolute atomic E-state index is 13.9. The molecule has 0 amide bonds. The summed E-state index contributed by atoms with van der Waals surface area (Å²) in [5.74, 6) is -1.11. The Morgan fingerprint density at radius 1 is 1.00 bits per heavy atom. The lowest BCUT2D eigenvalue weighted by Gasteiger charge is -2.28. The van der Waals surface area contributed by atoms with Gasteiger partial charge in [-0.1, -0.05) is 36.4 Å². The molecule has 2 rings (SSSR count). The average molecular weight is 276 g/mol. The molecular weight excluding hydrogens is 258 g/mol. The molecule has 0 fully saturated rings. The first-order valence-electron chi connectivity index (χ1n) is 6.51. The third-order valence-corrected chi connectivity index (χ3v) is 3.36. The minimum atomic E-state index is -0.555. The fraction of sp³-hybridized carbons (Fsp3) is 0.250. The van der Waals surface area contributed by atoms with Gasteiger partial charge < -0.3 is 5.73 Å². The van der Waals surface area contributed by atoms with E-state index in [1.807, 2.05) is 42.3 Å². The number of hydrogen-bond acceptors (Lipinski definition) is 2. The second-order valence-corrected chi connectivity index (χ2v) is 4.79. The molecule has 4 heteroatoms. The molecule has 0 aromatic heterocycles. The molecule has 0 aliphatic carbocycles. The standard InChI is InChI=1S/C16H18F2N2/c1-20(11-12-6-3-2-4-7-12)15(10-19)16-13(17)8-5-9-14(16)18/h2-9,15H,10-11,19H2,1H3. The molecule has 0 saturated carbocycles. The molecule has 0 heterocycles. The maximum atomic E-state index is 13.9. The van der Waals surface area contributed by atoms with Crippen molar-refractivity contribution in [2.24, 2.45) is 5.73 Å². The molecule has 2 aromatic rings. The van der Waals surface area contributed by atoms with Crippen LogP contribution in [-0.4, -0.2) is 18.5 Å². The van der Waals surface area contributed by atoms with Crippen LogP contribution in [0.1, 0.15) is 17.2 Å². The minimum absolute atomic E-state index is 0.0356. The lowest BCUT2D eigenvalue weighted by Crippen LogP contribution is -2.31. The normalized spacial score (nSPS) is 12.7. The zero-order chi connectivity index (χ0) is 14.5. The highest BCUT2D eigenvalue weighted by Crippen LogP contribution is 2.25. The van der Waals surface area contributed by atoms with Gasteiger partial charge >= 0.3 is 0 Å². The average Bonchev–Trinajstić information content (AvgIpc) is 2.44. The van der Waals surface area contributed by atoms with Crippen molar-refractivity contribution in [3.63, 3.8) is 0 Å². The first-order chi connectivity index (χ1) is 9.63. The van der Waals surface area contributed by atoms with Crippen LogP contribution >= 0.6 is 0 Å². The Balaban J connectivity index is 2.24. The molecule has 2 nitrogen and oxygen atoms in total. The Labute approximate surface area is 117 Å². The smallest absolute Gasteiger partial charge is 0.130 e. The van der Waals surface area contributed by atoms with Crippen molar-refractivity contribution in [2.45, 2.75) is 12.6 Å². The molecule has 1 atom stereocenters. The summed E-state index contributed by atoms with van der Waals surface area (Å²) in [5.41, 5.74) is 6.83. The summed E-state index contributed by atoms with van der Waals surface area (Å²) in [6.07, 6.45) is 0. The molecule has 2 N–H and O–H groups in total. The molecule has 2 aromatic carbocycles. The molecule has 106 valence electrons. The zero-order valence-electron chi connectivity index (χ0n) is 11.4. The van der Waals surface area contributed by atoms with Crippen molar-refractivity contribution in [1.82, 2.24) is 4.90 Å². The van der Waals surface area contributed by atoms with Crippen molar-refractivity contribution in [3.8, 4) is 0 Å². The highest BCUT2D eigenvalue weighted by Gasteiger charge is 2.22. The van der Waals surface area contributed by atoms with Gasteiger partial charge in [-0.15, -0.1) is 0 Å². The van der Waals surface area contributed by atoms with E-state index in [0.717, 1.165) is 5.56 Å². The predicted octanol–water partition coefficient (Wildman–Crippen LogP) is 3.10. The van der Waals surface area contributed by atoms with E-state index < -0.39 is 17.7 Å². The first kappa shape index (κ1) is 14.6. The van der Waals surface area contributed by atoms with Crippen molar-refractivity contribution in [2.75, 3.05) is 13.6 Å². The van der Waals surface area contributed by atoms with Crippen LogP contribution in [-0.2, 0) is 6.54 Å². The van der Waals surface area contributed by atoms with Crippen LogP contribution in [0, 0.1) is 11.6 Å². The first-order valence-corrected chi connectivity index (χ1v) is 6.51. The van der Waals surface area contributed by atoms with Gasteiger partial charge in [-0.05, 0) is 24.7 Å². The predicted molar refractivity (Wildman–Crippen MR) is 76.1 cm³/mol. The fourth-order valence-corrected chi connectivity index (χ4v) is 2.33. The number of likely N-dealkylation sites (N-methyl/N-ethyl adjacent to an activating group) is 1. The van der Waals surface area contributed by atoms with E-state index in [0.29, 0.717) is 6.54 Å². The highest BCUT2D eigenvalue weighted by molar-refractivity contribution is 5.24. The summed E-state index contributed by atoms with van der Waals surface area (Å²) in [6.45, 7) is 0.734. The Kier molecular flexibility index (Phi) is 4.82. The van der Waals surface area contributed by atoms with Gasteiger partial charge in [0.05, 0.1) is 6.04 Å². The van der Waals surface area contributed by atoms with Gasteiger partial charge in [0, 0.05) is 18.7 Å². The number of benzene rings is 2. The number of nitrogens with zero attached hydrogens (tertiary/aromatic N) is 1. The molecule has 0 aliphatic rings. The largest absolute Gasteiger partial charge is 0.329 e. The van der Waals surface area contributed by atoms with Gasteiger partial charge in [0.15, 0.2) is 0 Å². The fourth-order valence-electron chi connectivity index (χ4n) is 2.33. The van der Waals surface area contributed by atoms with Crippen molar-refractivity contribution >= 4 is 0 Å². The highest BCUT2D eigenvalue weighted by atomic mass is 19.1. The van der Waals surface area contributed by atoms with Crippen LogP contribution in [0.15, 0.2) is 48.5 Å². The summed E-state index contributed by atoms with van der Waals surface area (Å²) >= 11 is 0. The van der Waals surface area contributed by atoms with Gasteiger partial charge in [-0.3, -0.25) is 4.90 Å². The van der Waals surface area contributed by atoms with Crippen molar-refractivity contribution < 1.29 is 8.78 Å². The van der Waals surface area contributed by atoms with Gasteiger partial charge in [0.2, 0.25) is 0 Å². The van der Waals surface area contributed by atoms with Crippen LogP contribution in [0.2, 0.25) is 0 Å². The SMILES string of the molecule is CN(Cc1ccccc1)C(CN)c1c(F)cccc1F. The number of rotatable bonds is 5. The van der Waals surface area contributed by atoms with E-state index in [9.17, 15) is 8.78 Å². The third-order valence-electron chi connectivity index (χ3n) is 3.36. The zero-order valence-corrected chi connectivity index (χ0v) is 11.4. The van der Waals surface area contributed by atoms with Crippen molar-refractivity contribution in [3.05, 3.63) is 71.3 Å². The van der Waals surface area contributed by atoms with Gasteiger partial charge in [0.1, 0.15) is 11.6 Å². The van der Waals surface area contributed by atoms with Gasteiger partial charge in [0.25, 0.3) is 0 Å². The van der Waals surface area contributed by atoms with Gasteiger partial charge in [-0.2, -0.15) is 0 Å². The van der Waals surface area contributed by atoms with E-state index in [2.05, 4.69) is 0 Å². The number of nitrogens with two attached hydrogens (primary N) is 1. The van der Waals surface area contributed by atoms with E-state index >= 15 is 0 Å². The van der Waals surface area contributed by atoms with E-state index in [4.69, 9.17) is 5.73 Å². The molecular formula is C16H18F2N2. The molecule has 0 aliphatic heterocycles. The Bertz CT molecular complexity index is 537. The number of hydrogen-bond donors (Lipinski definition) is 1. The summed E-state index contributed by atoms with van der Waals surface area (Å²) in [5, 5.41) is 0. The summed E-state index contributed by atoms with van der Waals surface area (Å²) in [4.78, 5) is 1.86. The second kappa shape index (κ2) is 6.59. The summed E-state index contributed by atoms with van der Waals surface area (Å²) in [7, 11) is 1.82. The van der Waals surface area contributed by atoms with Crippen LogP contribution in [0.5, 0.6) is 0 Å². The Morgan fingerprint density at radius 2 is 1.60 bits per heavy atom. The van der Waals surface area contributed by atoms with Crippen LogP contribution in [0.3, 0.4) is 0 Å².